The molecule has 2 nitrogen and oxygen atoms in total. The van der Waals surface area contributed by atoms with Gasteiger partial charge >= 0.3 is 6.18 Å². The van der Waals surface area contributed by atoms with Crippen molar-refractivity contribution in [3.05, 3.63) is 70.8 Å². The molecule has 2 rings (SSSR count). The smallest absolute Gasteiger partial charge is 0.366 e. The molecule has 2 N–H and O–H groups in total. The van der Waals surface area contributed by atoms with E-state index >= 15 is 0 Å². The molecule has 0 unspecified atom stereocenters. The molecule has 0 aliphatic carbocycles. The van der Waals surface area contributed by atoms with Crippen molar-refractivity contribution in [1.29, 1.82) is 0 Å². The maximum Gasteiger partial charge on any atom is 0.416 e. The Balaban J connectivity index is 2.34. The minimum absolute atomic E-state index is 0.225. The predicted molar refractivity (Wildman–Crippen MR) is 69.2 cm³/mol. The van der Waals surface area contributed by atoms with Crippen LogP contribution >= 0.6 is 0 Å². The summed E-state index contributed by atoms with van der Waals surface area (Å²) in [5, 5.41) is 0. The van der Waals surface area contributed by atoms with E-state index in [2.05, 4.69) is 0 Å². The molecular weight excluding hydrogens is 267 g/mol. The standard InChI is InChI=1S/C15H12F3NO/c16-15(17,18)12-6-3-4-10(9-12)8-11-5-1-2-7-13(11)14(19)20/h1-7,9H,8H2,(H2,19,20). The zero-order valence-electron chi connectivity index (χ0n) is 10.4. The molecule has 1 amide bonds. The molecule has 0 atom stereocenters. The lowest BCUT2D eigenvalue weighted by atomic mass is 9.98. The highest BCUT2D eigenvalue weighted by molar-refractivity contribution is 5.94. The van der Waals surface area contributed by atoms with E-state index in [9.17, 15) is 18.0 Å². The highest BCUT2D eigenvalue weighted by atomic mass is 19.4. The van der Waals surface area contributed by atoms with Gasteiger partial charge in [0.1, 0.15) is 0 Å². The number of benzene rings is 2. The second-order valence-electron chi connectivity index (χ2n) is 4.40. The second-order valence-corrected chi connectivity index (χ2v) is 4.40. The molecule has 2 aromatic rings. The molecule has 20 heavy (non-hydrogen) atoms. The molecule has 104 valence electrons. The summed E-state index contributed by atoms with van der Waals surface area (Å²) in [4.78, 5) is 11.3. The number of hydrogen-bond acceptors (Lipinski definition) is 1. The molecule has 0 saturated heterocycles. The van der Waals surface area contributed by atoms with Gasteiger partial charge < -0.3 is 5.73 Å². The summed E-state index contributed by atoms with van der Waals surface area (Å²) in [5.74, 6) is -0.590. The third-order valence-corrected chi connectivity index (χ3v) is 2.93. The molecule has 0 saturated carbocycles. The topological polar surface area (TPSA) is 43.1 Å². The summed E-state index contributed by atoms with van der Waals surface area (Å²) in [7, 11) is 0. The fourth-order valence-corrected chi connectivity index (χ4v) is 1.99. The lowest BCUT2D eigenvalue weighted by molar-refractivity contribution is -0.137. The van der Waals surface area contributed by atoms with Crippen molar-refractivity contribution >= 4 is 5.91 Å². The van der Waals surface area contributed by atoms with Crippen LogP contribution in [0.2, 0.25) is 0 Å². The van der Waals surface area contributed by atoms with Crippen molar-refractivity contribution in [3.63, 3.8) is 0 Å². The van der Waals surface area contributed by atoms with Crippen LogP contribution in [0.3, 0.4) is 0 Å². The van der Waals surface area contributed by atoms with Gasteiger partial charge in [0, 0.05) is 5.56 Å². The van der Waals surface area contributed by atoms with E-state index in [0.29, 0.717) is 16.7 Å². The van der Waals surface area contributed by atoms with Gasteiger partial charge in [-0.05, 0) is 29.7 Å². The highest BCUT2D eigenvalue weighted by Crippen LogP contribution is 2.30. The molecule has 2 aromatic carbocycles. The molecular formula is C15H12F3NO. The quantitative estimate of drug-likeness (QED) is 0.919. The van der Waals surface area contributed by atoms with Crippen molar-refractivity contribution < 1.29 is 18.0 Å². The van der Waals surface area contributed by atoms with Crippen LogP contribution in [0.5, 0.6) is 0 Å². The summed E-state index contributed by atoms with van der Waals surface area (Å²) in [6, 6.07) is 11.7. The van der Waals surface area contributed by atoms with Crippen LogP contribution in [0.4, 0.5) is 13.2 Å². The summed E-state index contributed by atoms with van der Waals surface area (Å²) in [6.45, 7) is 0. The minimum atomic E-state index is -4.38. The van der Waals surface area contributed by atoms with Crippen LogP contribution in [0.25, 0.3) is 0 Å². The Morgan fingerprint density at radius 3 is 2.40 bits per heavy atom. The van der Waals surface area contributed by atoms with Gasteiger partial charge in [-0.2, -0.15) is 13.2 Å². The van der Waals surface area contributed by atoms with Gasteiger partial charge in [0.2, 0.25) is 5.91 Å². The van der Waals surface area contributed by atoms with Gasteiger partial charge in [-0.25, -0.2) is 0 Å². The Kier molecular flexibility index (Phi) is 3.79. The largest absolute Gasteiger partial charge is 0.416 e. The Labute approximate surface area is 114 Å². The molecule has 0 spiro atoms. The van der Waals surface area contributed by atoms with Crippen molar-refractivity contribution in [1.82, 2.24) is 0 Å². The van der Waals surface area contributed by atoms with E-state index in [0.717, 1.165) is 12.1 Å². The third-order valence-electron chi connectivity index (χ3n) is 2.93. The Morgan fingerprint density at radius 2 is 1.75 bits per heavy atom. The Morgan fingerprint density at radius 1 is 1.05 bits per heavy atom. The number of rotatable bonds is 3. The first-order chi connectivity index (χ1) is 9.38. The van der Waals surface area contributed by atoms with E-state index < -0.39 is 17.6 Å². The van der Waals surface area contributed by atoms with Crippen molar-refractivity contribution in [2.75, 3.05) is 0 Å². The maximum atomic E-state index is 12.6. The number of nitrogens with two attached hydrogens (primary N) is 1. The van der Waals surface area contributed by atoms with Crippen molar-refractivity contribution in [2.45, 2.75) is 12.6 Å². The predicted octanol–water partition coefficient (Wildman–Crippen LogP) is 3.40. The van der Waals surface area contributed by atoms with E-state index in [1.807, 2.05) is 0 Å². The van der Waals surface area contributed by atoms with Crippen LogP contribution in [0.1, 0.15) is 27.0 Å². The number of primary amides is 1. The summed E-state index contributed by atoms with van der Waals surface area (Å²) < 4.78 is 37.9. The summed E-state index contributed by atoms with van der Waals surface area (Å²) >= 11 is 0. The van der Waals surface area contributed by atoms with Crippen LogP contribution in [0.15, 0.2) is 48.5 Å². The molecule has 0 fully saturated rings. The normalized spacial score (nSPS) is 11.3. The average molecular weight is 279 g/mol. The van der Waals surface area contributed by atoms with Crippen LogP contribution in [-0.4, -0.2) is 5.91 Å². The molecule has 0 radical (unpaired) electrons. The van der Waals surface area contributed by atoms with Gasteiger partial charge in [0.05, 0.1) is 5.56 Å². The van der Waals surface area contributed by atoms with E-state index in [1.54, 1.807) is 30.3 Å². The molecule has 0 bridgehead atoms. The molecule has 0 aliphatic rings. The molecule has 5 heteroatoms. The lowest BCUT2D eigenvalue weighted by Gasteiger charge is -2.10. The first kappa shape index (κ1) is 14.1. The zero-order chi connectivity index (χ0) is 14.8. The van der Waals surface area contributed by atoms with Crippen molar-refractivity contribution in [3.8, 4) is 0 Å². The minimum Gasteiger partial charge on any atom is -0.366 e. The number of alkyl halides is 3. The Hall–Kier alpha value is -2.30. The van der Waals surface area contributed by atoms with Gasteiger partial charge in [-0.3, -0.25) is 4.79 Å². The van der Waals surface area contributed by atoms with Gasteiger partial charge in [0.15, 0.2) is 0 Å². The fraction of sp³-hybridized carbons (Fsp3) is 0.133. The van der Waals surface area contributed by atoms with Crippen LogP contribution in [0, 0.1) is 0 Å². The molecule has 0 aliphatic heterocycles. The Bertz CT molecular complexity index is 635. The number of hydrogen-bond donors (Lipinski definition) is 1. The van der Waals surface area contributed by atoms with Gasteiger partial charge in [-0.15, -0.1) is 0 Å². The van der Waals surface area contributed by atoms with E-state index in [4.69, 9.17) is 5.73 Å². The number of carbonyl (C=O) groups excluding carboxylic acids is 1. The first-order valence-corrected chi connectivity index (χ1v) is 5.92. The third kappa shape index (κ3) is 3.17. The average Bonchev–Trinajstić information content (AvgIpc) is 2.38. The zero-order valence-corrected chi connectivity index (χ0v) is 10.4. The second kappa shape index (κ2) is 5.36. The van der Waals surface area contributed by atoms with E-state index in [1.165, 1.54) is 6.07 Å². The maximum absolute atomic E-state index is 12.6. The molecule has 0 heterocycles. The highest BCUT2D eigenvalue weighted by Gasteiger charge is 2.30. The summed E-state index contributed by atoms with van der Waals surface area (Å²) in [5.41, 5.74) is 5.96. The van der Waals surface area contributed by atoms with Crippen molar-refractivity contribution in [2.24, 2.45) is 5.73 Å². The number of carbonyl (C=O) groups is 1. The molecule has 0 aromatic heterocycles. The number of amides is 1. The fourth-order valence-electron chi connectivity index (χ4n) is 1.99. The van der Waals surface area contributed by atoms with E-state index in [-0.39, 0.29) is 6.42 Å². The van der Waals surface area contributed by atoms with Crippen LogP contribution < -0.4 is 5.73 Å². The first-order valence-electron chi connectivity index (χ1n) is 5.92. The van der Waals surface area contributed by atoms with Crippen LogP contribution in [-0.2, 0) is 12.6 Å². The SMILES string of the molecule is NC(=O)c1ccccc1Cc1cccc(C(F)(F)F)c1. The lowest BCUT2D eigenvalue weighted by Crippen LogP contribution is -2.14. The van der Waals surface area contributed by atoms with Gasteiger partial charge in [-0.1, -0.05) is 36.4 Å². The monoisotopic (exact) mass is 279 g/mol. The van der Waals surface area contributed by atoms with Gasteiger partial charge in [0.25, 0.3) is 0 Å². The number of halogens is 3. The summed E-state index contributed by atoms with van der Waals surface area (Å²) in [6.07, 6.45) is -4.15.